The van der Waals surface area contributed by atoms with Gasteiger partial charge in [0.2, 0.25) is 0 Å². The quantitative estimate of drug-likeness (QED) is 0.390. The van der Waals surface area contributed by atoms with Crippen LogP contribution in [-0.2, 0) is 24.2 Å². The summed E-state index contributed by atoms with van der Waals surface area (Å²) in [6.45, 7) is 13.4. The van der Waals surface area contributed by atoms with Crippen LogP contribution in [0.4, 0.5) is 0 Å². The van der Waals surface area contributed by atoms with Crippen LogP contribution < -0.4 is 4.74 Å². The molecule has 3 rings (SSSR count). The minimum absolute atomic E-state index is 0.0469. The molecule has 0 heterocycles. The molecule has 33 heavy (non-hydrogen) atoms. The summed E-state index contributed by atoms with van der Waals surface area (Å²) in [5.74, 6) is 0.824. The lowest BCUT2D eigenvalue weighted by molar-refractivity contribution is 0.0283. The molecular formula is C30H38O3. The van der Waals surface area contributed by atoms with Crippen LogP contribution in [0, 0.1) is 6.92 Å². The second-order valence-corrected chi connectivity index (χ2v) is 9.99. The summed E-state index contributed by atoms with van der Waals surface area (Å²) >= 11 is 0. The lowest BCUT2D eigenvalue weighted by Gasteiger charge is -2.30. The fraction of sp³-hybridized carbons (Fsp3) is 0.400. The van der Waals surface area contributed by atoms with Gasteiger partial charge in [-0.25, -0.2) is 0 Å². The molecule has 0 aromatic heterocycles. The molecule has 0 spiro atoms. The predicted octanol–water partition coefficient (Wildman–Crippen LogP) is 7.04. The maximum absolute atomic E-state index is 11.1. The van der Waals surface area contributed by atoms with Crippen LogP contribution in [0.2, 0.25) is 0 Å². The molecule has 0 unspecified atom stereocenters. The van der Waals surface area contributed by atoms with Gasteiger partial charge in [-0.1, -0.05) is 83.1 Å². The van der Waals surface area contributed by atoms with Gasteiger partial charge in [0.25, 0.3) is 0 Å². The van der Waals surface area contributed by atoms with E-state index in [0.717, 1.165) is 28.0 Å². The van der Waals surface area contributed by atoms with E-state index in [1.54, 1.807) is 0 Å². The normalized spacial score (nSPS) is 12.1. The monoisotopic (exact) mass is 446 g/mol. The Balaban J connectivity index is 1.97. The Hall–Kier alpha value is -2.62. The van der Waals surface area contributed by atoms with Crippen molar-refractivity contribution < 1.29 is 14.9 Å². The summed E-state index contributed by atoms with van der Waals surface area (Å²) in [5, 5.41) is 20.4. The molecule has 3 aromatic rings. The Morgan fingerprint density at radius 3 is 2.00 bits per heavy atom. The molecule has 3 nitrogen and oxygen atoms in total. The molecule has 3 heteroatoms. The van der Waals surface area contributed by atoms with Gasteiger partial charge in [-0.3, -0.25) is 0 Å². The van der Waals surface area contributed by atoms with E-state index in [9.17, 15) is 10.2 Å². The van der Waals surface area contributed by atoms with Crippen molar-refractivity contribution >= 4 is 0 Å². The topological polar surface area (TPSA) is 49.7 Å². The van der Waals surface area contributed by atoms with E-state index >= 15 is 0 Å². The Bertz CT molecular complexity index is 1070. The van der Waals surface area contributed by atoms with Gasteiger partial charge >= 0.3 is 0 Å². The number of ether oxygens (including phenoxy) is 1. The van der Waals surface area contributed by atoms with Crippen LogP contribution in [-0.4, -0.2) is 10.2 Å². The van der Waals surface area contributed by atoms with Crippen molar-refractivity contribution in [1.82, 2.24) is 0 Å². The van der Waals surface area contributed by atoms with Crippen LogP contribution in [0.5, 0.6) is 5.75 Å². The predicted molar refractivity (Wildman–Crippen MR) is 136 cm³/mol. The Morgan fingerprint density at radius 1 is 0.788 bits per heavy atom. The Kier molecular flexibility index (Phi) is 7.66. The zero-order valence-corrected chi connectivity index (χ0v) is 20.9. The van der Waals surface area contributed by atoms with Crippen molar-refractivity contribution in [2.45, 2.75) is 78.6 Å². The maximum Gasteiger partial charge on any atom is 0.120 e. The van der Waals surface area contributed by atoms with Crippen molar-refractivity contribution in [3.8, 4) is 16.9 Å². The summed E-state index contributed by atoms with van der Waals surface area (Å²) in [6.07, 6.45) is 1.38. The van der Waals surface area contributed by atoms with E-state index in [1.807, 2.05) is 44.2 Å². The SMILES string of the molecule is CCC(O)(CC)c1ccc(-c2cc(OCc3ccc(CO)cc3)ccc2C)c(C(C)(C)C)c1. The smallest absolute Gasteiger partial charge is 0.120 e. The van der Waals surface area contributed by atoms with E-state index in [4.69, 9.17) is 4.74 Å². The van der Waals surface area contributed by atoms with Crippen LogP contribution in [0.15, 0.2) is 60.7 Å². The van der Waals surface area contributed by atoms with Gasteiger partial charge < -0.3 is 14.9 Å². The highest BCUT2D eigenvalue weighted by molar-refractivity contribution is 5.73. The van der Waals surface area contributed by atoms with Gasteiger partial charge in [-0.15, -0.1) is 0 Å². The summed E-state index contributed by atoms with van der Waals surface area (Å²) < 4.78 is 6.12. The third kappa shape index (κ3) is 5.66. The van der Waals surface area contributed by atoms with Crippen LogP contribution in [0.1, 0.15) is 75.3 Å². The molecule has 0 radical (unpaired) electrons. The first-order chi connectivity index (χ1) is 15.6. The molecule has 0 fully saturated rings. The van der Waals surface area contributed by atoms with Crippen molar-refractivity contribution in [3.05, 3.63) is 88.5 Å². The highest BCUT2D eigenvalue weighted by Gasteiger charge is 2.28. The number of rotatable bonds is 8. The highest BCUT2D eigenvalue weighted by atomic mass is 16.5. The molecule has 0 aliphatic carbocycles. The molecular weight excluding hydrogens is 408 g/mol. The molecule has 0 saturated carbocycles. The number of benzene rings is 3. The molecule has 0 amide bonds. The Labute approximate surface area is 199 Å². The molecule has 0 aliphatic rings. The zero-order valence-electron chi connectivity index (χ0n) is 20.9. The van der Waals surface area contributed by atoms with Crippen LogP contribution in [0.25, 0.3) is 11.1 Å². The lowest BCUT2D eigenvalue weighted by atomic mass is 9.77. The van der Waals surface area contributed by atoms with E-state index in [-0.39, 0.29) is 12.0 Å². The zero-order chi connectivity index (χ0) is 24.2. The summed E-state index contributed by atoms with van der Waals surface area (Å²) in [6, 6.07) is 20.5. The second kappa shape index (κ2) is 10.1. The van der Waals surface area contributed by atoms with Crippen molar-refractivity contribution in [2.24, 2.45) is 0 Å². The van der Waals surface area contributed by atoms with Gasteiger partial charge in [-0.2, -0.15) is 0 Å². The van der Waals surface area contributed by atoms with E-state index in [2.05, 4.69) is 58.0 Å². The van der Waals surface area contributed by atoms with Gasteiger partial charge in [0.15, 0.2) is 0 Å². The summed E-state index contributed by atoms with van der Waals surface area (Å²) in [7, 11) is 0. The highest BCUT2D eigenvalue weighted by Crippen LogP contribution is 2.40. The first-order valence-corrected chi connectivity index (χ1v) is 11.9. The van der Waals surface area contributed by atoms with E-state index in [0.29, 0.717) is 19.4 Å². The molecule has 3 aromatic carbocycles. The molecule has 0 atom stereocenters. The fourth-order valence-electron chi connectivity index (χ4n) is 4.24. The molecule has 0 aliphatic heterocycles. The number of aliphatic hydroxyl groups excluding tert-OH is 1. The number of hydrogen-bond acceptors (Lipinski definition) is 3. The number of hydrogen-bond donors (Lipinski definition) is 2. The van der Waals surface area contributed by atoms with Gasteiger partial charge in [0.1, 0.15) is 12.4 Å². The molecule has 176 valence electrons. The van der Waals surface area contributed by atoms with Crippen molar-refractivity contribution in [3.63, 3.8) is 0 Å². The average Bonchev–Trinajstić information content (AvgIpc) is 2.82. The van der Waals surface area contributed by atoms with Crippen LogP contribution in [0.3, 0.4) is 0 Å². The summed E-state index contributed by atoms with van der Waals surface area (Å²) in [4.78, 5) is 0. The first kappa shape index (κ1) is 25.0. The summed E-state index contributed by atoms with van der Waals surface area (Å²) in [5.41, 5.74) is 6.80. The third-order valence-electron chi connectivity index (χ3n) is 6.64. The maximum atomic E-state index is 11.1. The van der Waals surface area contributed by atoms with Crippen LogP contribution >= 0.6 is 0 Å². The molecule has 0 saturated heterocycles. The second-order valence-electron chi connectivity index (χ2n) is 9.99. The standard InChI is InChI=1S/C30H38O3/c1-7-30(32,8-2)24-14-16-26(28(17-24)29(4,5)6)27-18-25(15-9-21(27)3)33-20-23-12-10-22(19-31)11-13-23/h9-18,31-32H,7-8,19-20H2,1-6H3. The van der Waals surface area contributed by atoms with Crippen molar-refractivity contribution in [1.29, 1.82) is 0 Å². The first-order valence-electron chi connectivity index (χ1n) is 11.9. The minimum atomic E-state index is -0.801. The van der Waals surface area contributed by atoms with E-state index < -0.39 is 5.60 Å². The van der Waals surface area contributed by atoms with Crippen molar-refractivity contribution in [2.75, 3.05) is 0 Å². The van der Waals surface area contributed by atoms with Gasteiger partial charge in [0.05, 0.1) is 12.2 Å². The fourth-order valence-corrected chi connectivity index (χ4v) is 4.24. The number of aliphatic hydroxyl groups is 2. The average molecular weight is 447 g/mol. The van der Waals surface area contributed by atoms with Gasteiger partial charge in [-0.05, 0) is 76.3 Å². The Morgan fingerprint density at radius 2 is 1.42 bits per heavy atom. The molecule has 2 N–H and O–H groups in total. The van der Waals surface area contributed by atoms with E-state index in [1.165, 1.54) is 16.7 Å². The molecule has 0 bridgehead atoms. The number of aryl methyl sites for hydroxylation is 1. The van der Waals surface area contributed by atoms with Gasteiger partial charge in [0, 0.05) is 0 Å². The largest absolute Gasteiger partial charge is 0.489 e. The minimum Gasteiger partial charge on any atom is -0.489 e. The third-order valence-corrected chi connectivity index (χ3v) is 6.64. The lowest BCUT2D eigenvalue weighted by Crippen LogP contribution is -2.25.